The smallest absolute Gasteiger partial charge is 0.333 e. The third kappa shape index (κ3) is 5.01. The predicted octanol–water partition coefficient (Wildman–Crippen LogP) is 5.35. The van der Waals surface area contributed by atoms with E-state index in [4.69, 9.17) is 17.3 Å². The van der Waals surface area contributed by atoms with E-state index in [0.29, 0.717) is 39.2 Å². The lowest BCUT2D eigenvalue weighted by Gasteiger charge is -2.19. The first kappa shape index (κ1) is 26.2. The van der Waals surface area contributed by atoms with Crippen molar-refractivity contribution in [1.82, 2.24) is 19.3 Å². The van der Waals surface area contributed by atoms with Crippen molar-refractivity contribution in [3.8, 4) is 16.9 Å². The number of carbonyl (C=O) groups is 1. The number of nitrogens with two attached hydrogens (primary N) is 1. The Morgan fingerprint density at radius 3 is 2.57 bits per heavy atom. The van der Waals surface area contributed by atoms with Crippen LogP contribution in [0.3, 0.4) is 0 Å². The van der Waals surface area contributed by atoms with Crippen LogP contribution in [0.1, 0.15) is 52.1 Å². The molecule has 0 bridgehead atoms. The van der Waals surface area contributed by atoms with Gasteiger partial charge in [0.25, 0.3) is 11.5 Å². The Hall–Kier alpha value is -3.92. The number of aryl methyl sites for hydroxylation is 2. The van der Waals surface area contributed by atoms with E-state index >= 15 is 0 Å². The molecule has 2 N–H and O–H groups in total. The highest BCUT2D eigenvalue weighted by Gasteiger charge is 2.21. The second-order valence-corrected chi connectivity index (χ2v) is 9.17. The maximum atomic E-state index is 15.0. The van der Waals surface area contributed by atoms with Crippen molar-refractivity contribution in [2.24, 2.45) is 5.73 Å². The van der Waals surface area contributed by atoms with Crippen LogP contribution in [0.5, 0.6) is 0 Å². The number of primary amides is 1. The maximum Gasteiger partial charge on any atom is 0.333 e. The predicted molar refractivity (Wildman–Crippen MR) is 134 cm³/mol. The van der Waals surface area contributed by atoms with E-state index in [-0.39, 0.29) is 27.8 Å². The number of aromatic nitrogens is 4. The SMILES string of the molecule is Cc1cnc(-c2cccc(C(N)=O)c2F)cc1-n1c(C)cc(C(C)Cc2cnn(C(F)F)c2)c(Cl)c1=O. The normalized spacial score (nSPS) is 12.2. The van der Waals surface area contributed by atoms with Crippen LogP contribution in [0.2, 0.25) is 5.02 Å². The van der Waals surface area contributed by atoms with Crippen LogP contribution in [0, 0.1) is 19.7 Å². The number of hydrogen-bond donors (Lipinski definition) is 1. The van der Waals surface area contributed by atoms with Gasteiger partial charge in [0, 0.05) is 23.7 Å². The topological polar surface area (TPSA) is 95.8 Å². The van der Waals surface area contributed by atoms with Crippen LogP contribution in [0.25, 0.3) is 16.9 Å². The zero-order valence-electron chi connectivity index (χ0n) is 20.2. The molecule has 11 heteroatoms. The standard InChI is InChI=1S/C26H23ClF3N5O2/c1-13(7-16-11-33-34(12-16)26(29)30)19-8-15(3)35(25(37)22(19)27)21-9-20(32-10-14(21)2)17-5-4-6-18(23(17)28)24(31)36/h4-6,8-13,26H,7H2,1-3H3,(H2,31,36). The number of hydrogen-bond acceptors (Lipinski definition) is 4. The summed E-state index contributed by atoms with van der Waals surface area (Å²) in [6.45, 7) is 2.59. The number of benzene rings is 1. The quantitative estimate of drug-likeness (QED) is 0.349. The van der Waals surface area contributed by atoms with Crippen molar-refractivity contribution in [3.05, 3.63) is 98.1 Å². The Bertz CT molecular complexity index is 1560. The monoisotopic (exact) mass is 529 g/mol. The van der Waals surface area contributed by atoms with Crippen molar-refractivity contribution in [2.75, 3.05) is 0 Å². The number of carbonyl (C=O) groups excluding carboxylic acids is 1. The van der Waals surface area contributed by atoms with E-state index in [1.165, 1.54) is 41.4 Å². The minimum atomic E-state index is -2.74. The molecule has 0 radical (unpaired) electrons. The molecule has 0 fully saturated rings. The van der Waals surface area contributed by atoms with Crippen molar-refractivity contribution in [3.63, 3.8) is 0 Å². The summed E-state index contributed by atoms with van der Waals surface area (Å²) in [5.41, 5.74) is 7.56. The van der Waals surface area contributed by atoms with E-state index in [2.05, 4.69) is 10.1 Å². The van der Waals surface area contributed by atoms with Crippen LogP contribution >= 0.6 is 11.6 Å². The number of pyridine rings is 2. The highest BCUT2D eigenvalue weighted by molar-refractivity contribution is 6.31. The molecule has 0 aliphatic rings. The van der Waals surface area contributed by atoms with Gasteiger partial charge in [-0.3, -0.25) is 19.1 Å². The van der Waals surface area contributed by atoms with Gasteiger partial charge in [-0.2, -0.15) is 13.9 Å². The van der Waals surface area contributed by atoms with Gasteiger partial charge in [0.05, 0.1) is 23.1 Å². The highest BCUT2D eigenvalue weighted by Crippen LogP contribution is 2.30. The molecule has 0 saturated heterocycles. The first-order valence-corrected chi connectivity index (χ1v) is 11.7. The lowest BCUT2D eigenvalue weighted by atomic mass is 9.95. The van der Waals surface area contributed by atoms with E-state index < -0.39 is 23.8 Å². The average molecular weight is 530 g/mol. The second-order valence-electron chi connectivity index (χ2n) is 8.79. The van der Waals surface area contributed by atoms with Crippen molar-refractivity contribution >= 4 is 17.5 Å². The van der Waals surface area contributed by atoms with Crippen LogP contribution < -0.4 is 11.3 Å². The molecule has 7 nitrogen and oxygen atoms in total. The van der Waals surface area contributed by atoms with Gasteiger partial charge in [0.2, 0.25) is 0 Å². The summed E-state index contributed by atoms with van der Waals surface area (Å²) < 4.78 is 42.6. The molecule has 3 heterocycles. The van der Waals surface area contributed by atoms with Gasteiger partial charge in [-0.05, 0) is 67.1 Å². The molecule has 3 aromatic heterocycles. The van der Waals surface area contributed by atoms with Crippen molar-refractivity contribution < 1.29 is 18.0 Å². The van der Waals surface area contributed by atoms with Gasteiger partial charge >= 0.3 is 6.55 Å². The second kappa shape index (κ2) is 10.2. The minimum Gasteiger partial charge on any atom is -0.366 e. The number of alkyl halides is 2. The van der Waals surface area contributed by atoms with Crippen LogP contribution in [0.4, 0.5) is 13.2 Å². The zero-order valence-corrected chi connectivity index (χ0v) is 20.9. The molecule has 4 aromatic rings. The molecule has 37 heavy (non-hydrogen) atoms. The molecule has 1 atom stereocenters. The van der Waals surface area contributed by atoms with E-state index in [0.717, 1.165) is 0 Å². The molecular formula is C26H23ClF3N5O2. The number of amides is 1. The number of nitrogens with zero attached hydrogens (tertiary/aromatic N) is 4. The van der Waals surface area contributed by atoms with Crippen molar-refractivity contribution in [2.45, 2.75) is 39.7 Å². The van der Waals surface area contributed by atoms with Crippen LogP contribution in [0.15, 0.2) is 53.7 Å². The van der Waals surface area contributed by atoms with Gasteiger partial charge in [-0.25, -0.2) is 9.07 Å². The van der Waals surface area contributed by atoms with Gasteiger partial charge in [0.15, 0.2) is 0 Å². The van der Waals surface area contributed by atoms with Crippen LogP contribution in [-0.4, -0.2) is 25.2 Å². The third-order valence-electron chi connectivity index (χ3n) is 6.14. The molecule has 192 valence electrons. The maximum absolute atomic E-state index is 15.0. The summed E-state index contributed by atoms with van der Waals surface area (Å²) in [5.74, 6) is -1.97. The van der Waals surface area contributed by atoms with E-state index in [1.807, 2.05) is 6.92 Å². The summed E-state index contributed by atoms with van der Waals surface area (Å²) in [7, 11) is 0. The largest absolute Gasteiger partial charge is 0.366 e. The minimum absolute atomic E-state index is 0.0148. The molecule has 0 spiro atoms. The highest BCUT2D eigenvalue weighted by atomic mass is 35.5. The van der Waals surface area contributed by atoms with Gasteiger partial charge in [-0.1, -0.05) is 24.6 Å². The molecule has 0 aliphatic carbocycles. The van der Waals surface area contributed by atoms with E-state index in [1.54, 1.807) is 26.0 Å². The lowest BCUT2D eigenvalue weighted by molar-refractivity contribution is 0.0565. The molecule has 0 saturated carbocycles. The van der Waals surface area contributed by atoms with Gasteiger partial charge in [-0.15, -0.1) is 0 Å². The third-order valence-corrected chi connectivity index (χ3v) is 6.52. The fourth-order valence-corrected chi connectivity index (χ4v) is 4.59. The molecule has 1 amide bonds. The molecule has 1 unspecified atom stereocenters. The van der Waals surface area contributed by atoms with Crippen molar-refractivity contribution in [1.29, 1.82) is 0 Å². The summed E-state index contributed by atoms with van der Waals surface area (Å²) >= 11 is 6.53. The molecule has 1 aromatic carbocycles. The molecule has 4 rings (SSSR count). The van der Waals surface area contributed by atoms with Gasteiger partial charge < -0.3 is 5.73 Å². The Kier molecular flexibility index (Phi) is 7.22. The summed E-state index contributed by atoms with van der Waals surface area (Å²) in [4.78, 5) is 29.3. The summed E-state index contributed by atoms with van der Waals surface area (Å²) in [5, 5.41) is 3.63. The molecule has 0 aliphatic heterocycles. The average Bonchev–Trinajstić information content (AvgIpc) is 3.31. The first-order valence-electron chi connectivity index (χ1n) is 11.3. The molecular weight excluding hydrogens is 507 g/mol. The van der Waals surface area contributed by atoms with Crippen LogP contribution in [-0.2, 0) is 6.42 Å². The first-order chi connectivity index (χ1) is 17.5. The Balaban J connectivity index is 1.76. The number of rotatable bonds is 7. The Labute approximate surface area is 215 Å². The van der Waals surface area contributed by atoms with E-state index in [9.17, 15) is 22.8 Å². The zero-order chi connectivity index (χ0) is 27.0. The van der Waals surface area contributed by atoms with Gasteiger partial charge in [0.1, 0.15) is 10.8 Å². The fraction of sp³-hybridized carbons (Fsp3) is 0.231. The lowest BCUT2D eigenvalue weighted by Crippen LogP contribution is -2.24. The number of halogens is 4. The summed E-state index contributed by atoms with van der Waals surface area (Å²) in [6, 6.07) is 7.55. The fourth-order valence-electron chi connectivity index (χ4n) is 4.27. The Morgan fingerprint density at radius 1 is 1.19 bits per heavy atom. The Morgan fingerprint density at radius 2 is 1.92 bits per heavy atom. The summed E-state index contributed by atoms with van der Waals surface area (Å²) in [6.07, 6.45) is 4.47.